The minimum absolute atomic E-state index is 0.0572. The van der Waals surface area contributed by atoms with Crippen LogP contribution in [0.15, 0.2) is 12.3 Å². The second kappa shape index (κ2) is 5.85. The Morgan fingerprint density at radius 2 is 2.10 bits per heavy atom. The largest absolute Gasteiger partial charge is 0.372 e. The van der Waals surface area contributed by atoms with Gasteiger partial charge in [-0.15, -0.1) is 0 Å². The maximum Gasteiger partial charge on any atom is 0.288 e. The molecule has 0 spiro atoms. The highest BCUT2D eigenvalue weighted by atomic mass is 16.6. The van der Waals surface area contributed by atoms with E-state index in [-0.39, 0.29) is 22.6 Å². The van der Waals surface area contributed by atoms with Gasteiger partial charge in [0.25, 0.3) is 11.6 Å². The third kappa shape index (κ3) is 3.91. The first kappa shape index (κ1) is 15.9. The van der Waals surface area contributed by atoms with Crippen LogP contribution in [-0.2, 0) is 0 Å². The molecule has 0 saturated carbocycles. The number of carbonyl (C=O) groups excluding carboxylic acids is 1. The summed E-state index contributed by atoms with van der Waals surface area (Å²) in [6.45, 7) is 6.59. The van der Waals surface area contributed by atoms with Gasteiger partial charge in [0.1, 0.15) is 12.0 Å². The van der Waals surface area contributed by atoms with Gasteiger partial charge < -0.3 is 10.2 Å². The Labute approximate surface area is 118 Å². The average Bonchev–Trinajstić information content (AvgIpc) is 2.34. The first-order chi connectivity index (χ1) is 9.15. The summed E-state index contributed by atoms with van der Waals surface area (Å²) in [7, 11) is 3.29. The summed E-state index contributed by atoms with van der Waals surface area (Å²) >= 11 is 0. The Hall–Kier alpha value is -2.18. The van der Waals surface area contributed by atoms with E-state index in [2.05, 4.69) is 10.3 Å². The minimum Gasteiger partial charge on any atom is -0.372 e. The molecule has 1 heterocycles. The van der Waals surface area contributed by atoms with Gasteiger partial charge in [-0.1, -0.05) is 20.8 Å². The van der Waals surface area contributed by atoms with E-state index in [1.165, 1.54) is 6.07 Å². The molecule has 0 aliphatic rings. The van der Waals surface area contributed by atoms with Crippen molar-refractivity contribution in [3.63, 3.8) is 0 Å². The van der Waals surface area contributed by atoms with E-state index in [4.69, 9.17) is 0 Å². The van der Waals surface area contributed by atoms with Crippen molar-refractivity contribution in [2.45, 2.75) is 20.8 Å². The van der Waals surface area contributed by atoms with Gasteiger partial charge in [0.2, 0.25) is 0 Å². The molecule has 1 amide bonds. The summed E-state index contributed by atoms with van der Waals surface area (Å²) in [5.74, 6) is 0.0434. The number of rotatable bonds is 4. The van der Waals surface area contributed by atoms with E-state index in [9.17, 15) is 14.9 Å². The lowest BCUT2D eigenvalue weighted by atomic mass is 9.96. The Morgan fingerprint density at radius 1 is 1.50 bits per heavy atom. The molecular formula is C13H20N4O3. The van der Waals surface area contributed by atoms with Crippen LogP contribution < -0.4 is 5.32 Å². The normalized spacial score (nSPS) is 11.1. The summed E-state index contributed by atoms with van der Waals surface area (Å²) in [5.41, 5.74) is -0.0526. The number of hydrogen-bond donors (Lipinski definition) is 1. The van der Waals surface area contributed by atoms with Gasteiger partial charge in [-0.2, -0.15) is 0 Å². The van der Waals surface area contributed by atoms with Crippen LogP contribution in [0.1, 0.15) is 31.1 Å². The predicted octanol–water partition coefficient (Wildman–Crippen LogP) is 2.15. The molecule has 1 aromatic rings. The second-order valence-electron chi connectivity index (χ2n) is 5.82. The van der Waals surface area contributed by atoms with Gasteiger partial charge in [0, 0.05) is 26.7 Å². The molecule has 0 radical (unpaired) electrons. The number of hydrogen-bond acceptors (Lipinski definition) is 5. The van der Waals surface area contributed by atoms with E-state index < -0.39 is 4.92 Å². The lowest BCUT2D eigenvalue weighted by molar-refractivity contribution is -0.385. The van der Waals surface area contributed by atoms with Crippen molar-refractivity contribution in [2.24, 2.45) is 5.41 Å². The standard InChI is InChI=1S/C13H20N4O3/c1-13(2,3)8-16(5)12(18)10-6-9(17(19)20)7-15-11(10)14-4/h6-7H,8H2,1-5H3,(H,14,15). The highest BCUT2D eigenvalue weighted by Gasteiger charge is 2.23. The monoisotopic (exact) mass is 280 g/mol. The Morgan fingerprint density at radius 3 is 2.55 bits per heavy atom. The molecule has 0 atom stereocenters. The van der Waals surface area contributed by atoms with Crippen LogP contribution in [-0.4, -0.2) is 41.4 Å². The van der Waals surface area contributed by atoms with Gasteiger partial charge in [0.05, 0.1) is 10.5 Å². The average molecular weight is 280 g/mol. The maximum atomic E-state index is 12.4. The van der Waals surface area contributed by atoms with Crippen LogP contribution in [0.3, 0.4) is 0 Å². The van der Waals surface area contributed by atoms with Crippen molar-refractivity contribution in [2.75, 3.05) is 26.0 Å². The molecule has 7 nitrogen and oxygen atoms in total. The third-order valence-corrected chi connectivity index (χ3v) is 2.61. The molecule has 0 aliphatic heterocycles. The maximum absolute atomic E-state index is 12.4. The smallest absolute Gasteiger partial charge is 0.288 e. The number of nitro groups is 1. The van der Waals surface area contributed by atoms with E-state index >= 15 is 0 Å². The summed E-state index contributed by atoms with van der Waals surface area (Å²) in [6, 6.07) is 1.25. The molecule has 1 aromatic heterocycles. The van der Waals surface area contributed by atoms with E-state index in [0.717, 1.165) is 6.20 Å². The molecule has 0 fully saturated rings. The molecule has 110 valence electrons. The van der Waals surface area contributed by atoms with Crippen molar-refractivity contribution >= 4 is 17.4 Å². The molecule has 0 bridgehead atoms. The SMILES string of the molecule is CNc1ncc([N+](=O)[O-])cc1C(=O)N(C)CC(C)(C)C. The van der Waals surface area contributed by atoms with Gasteiger partial charge in [-0.3, -0.25) is 14.9 Å². The predicted molar refractivity (Wildman–Crippen MR) is 76.9 cm³/mol. The molecule has 0 aliphatic carbocycles. The Kier molecular flexibility index (Phi) is 4.65. The van der Waals surface area contributed by atoms with Gasteiger partial charge in [0.15, 0.2) is 0 Å². The lowest BCUT2D eigenvalue weighted by Gasteiger charge is -2.27. The second-order valence-corrected chi connectivity index (χ2v) is 5.82. The highest BCUT2D eigenvalue weighted by molar-refractivity contribution is 5.99. The number of anilines is 1. The molecule has 1 rings (SSSR count). The van der Waals surface area contributed by atoms with Crippen molar-refractivity contribution in [1.82, 2.24) is 9.88 Å². The van der Waals surface area contributed by atoms with Crippen molar-refractivity contribution < 1.29 is 9.72 Å². The van der Waals surface area contributed by atoms with Crippen LogP contribution in [0.5, 0.6) is 0 Å². The van der Waals surface area contributed by atoms with Gasteiger partial charge in [-0.25, -0.2) is 4.98 Å². The van der Waals surface area contributed by atoms with Crippen molar-refractivity contribution in [3.8, 4) is 0 Å². The molecule has 0 saturated heterocycles. The molecule has 0 unspecified atom stereocenters. The van der Waals surface area contributed by atoms with Crippen LogP contribution in [0.25, 0.3) is 0 Å². The number of carbonyl (C=O) groups is 1. The first-order valence-corrected chi connectivity index (χ1v) is 6.23. The van der Waals surface area contributed by atoms with Crippen LogP contribution in [0.2, 0.25) is 0 Å². The zero-order valence-electron chi connectivity index (χ0n) is 12.4. The number of aromatic nitrogens is 1. The number of pyridine rings is 1. The number of amides is 1. The highest BCUT2D eigenvalue weighted by Crippen LogP contribution is 2.22. The molecule has 7 heteroatoms. The summed E-state index contributed by atoms with van der Waals surface area (Å²) in [4.78, 5) is 28.1. The third-order valence-electron chi connectivity index (χ3n) is 2.61. The molecule has 0 aromatic carbocycles. The number of nitrogens with zero attached hydrogens (tertiary/aromatic N) is 3. The van der Waals surface area contributed by atoms with E-state index in [1.807, 2.05) is 20.8 Å². The zero-order valence-corrected chi connectivity index (χ0v) is 12.4. The minimum atomic E-state index is -0.563. The van der Waals surface area contributed by atoms with Gasteiger partial charge in [-0.05, 0) is 5.41 Å². The van der Waals surface area contributed by atoms with Crippen LogP contribution in [0.4, 0.5) is 11.5 Å². The van der Waals surface area contributed by atoms with E-state index in [1.54, 1.807) is 19.0 Å². The Balaban J connectivity index is 3.13. The summed E-state index contributed by atoms with van der Waals surface area (Å²) in [5, 5.41) is 13.6. The van der Waals surface area contributed by atoms with Crippen molar-refractivity contribution in [1.29, 1.82) is 0 Å². The van der Waals surface area contributed by atoms with E-state index in [0.29, 0.717) is 12.4 Å². The van der Waals surface area contributed by atoms with Crippen molar-refractivity contribution in [3.05, 3.63) is 27.9 Å². The summed E-state index contributed by atoms with van der Waals surface area (Å²) in [6.07, 6.45) is 1.13. The molecule has 20 heavy (non-hydrogen) atoms. The number of nitrogens with one attached hydrogen (secondary N) is 1. The summed E-state index contributed by atoms with van der Waals surface area (Å²) < 4.78 is 0. The molecule has 1 N–H and O–H groups in total. The fourth-order valence-corrected chi connectivity index (χ4v) is 1.90. The molecular weight excluding hydrogens is 260 g/mol. The van der Waals surface area contributed by atoms with Crippen LogP contribution in [0, 0.1) is 15.5 Å². The quantitative estimate of drug-likeness (QED) is 0.674. The Bertz CT molecular complexity index is 523. The topological polar surface area (TPSA) is 88.4 Å². The zero-order chi connectivity index (χ0) is 15.5. The van der Waals surface area contributed by atoms with Crippen LogP contribution >= 0.6 is 0 Å². The fourth-order valence-electron chi connectivity index (χ4n) is 1.90. The lowest BCUT2D eigenvalue weighted by Crippen LogP contribution is -2.35. The first-order valence-electron chi connectivity index (χ1n) is 6.23. The fraction of sp³-hybridized carbons (Fsp3) is 0.538. The van der Waals surface area contributed by atoms with Gasteiger partial charge >= 0.3 is 0 Å².